The minimum Gasteiger partial charge on any atom is -0.477 e. The van der Waals surface area contributed by atoms with E-state index in [1.807, 2.05) is 7.05 Å². The maximum atomic E-state index is 14.7. The van der Waals surface area contributed by atoms with Crippen molar-refractivity contribution in [2.24, 2.45) is 0 Å². The molecule has 0 aliphatic rings. The molecule has 218 valence electrons. The Morgan fingerprint density at radius 2 is 1.93 bits per heavy atom. The van der Waals surface area contributed by atoms with E-state index < -0.39 is 19.9 Å². The normalized spacial score (nSPS) is 11.7. The van der Waals surface area contributed by atoms with Crippen LogP contribution in [-0.4, -0.2) is 65.7 Å². The van der Waals surface area contributed by atoms with Gasteiger partial charge in [0.15, 0.2) is 0 Å². The number of nitrogens with one attached hydrogen (secondary N) is 2. The van der Waals surface area contributed by atoms with Gasteiger partial charge in [-0.25, -0.2) is 14.2 Å². The third-order valence-electron chi connectivity index (χ3n) is 6.28. The van der Waals surface area contributed by atoms with Crippen molar-refractivity contribution in [1.29, 1.82) is 0 Å². The molecule has 0 unspecified atom stereocenters. The van der Waals surface area contributed by atoms with E-state index in [-0.39, 0.29) is 29.6 Å². The van der Waals surface area contributed by atoms with E-state index in [1.165, 1.54) is 18.2 Å². The number of hydrogen-bond acceptors (Lipinski definition) is 8. The first-order chi connectivity index (χ1) is 19.6. The third kappa shape index (κ3) is 7.79. The van der Waals surface area contributed by atoms with Crippen LogP contribution in [0.5, 0.6) is 5.88 Å². The summed E-state index contributed by atoms with van der Waals surface area (Å²) in [4.78, 5) is 16.6. The number of pyridine rings is 1. The summed E-state index contributed by atoms with van der Waals surface area (Å²) in [6.07, 6.45) is 2.30. The van der Waals surface area contributed by atoms with Crippen LogP contribution >= 0.6 is 11.6 Å². The van der Waals surface area contributed by atoms with Crippen molar-refractivity contribution in [3.05, 3.63) is 59.1 Å². The Balaban J connectivity index is 1.71. The zero-order valence-electron chi connectivity index (χ0n) is 23.5. The number of benzene rings is 1. The molecule has 41 heavy (non-hydrogen) atoms. The van der Waals surface area contributed by atoms with E-state index in [0.717, 1.165) is 19.0 Å². The summed E-state index contributed by atoms with van der Waals surface area (Å²) >= 11 is 6.11. The van der Waals surface area contributed by atoms with Crippen LogP contribution in [-0.2, 0) is 11.5 Å². The number of aromatic nitrogens is 4. The number of carboxylic acid groups (broad SMARTS) is 1. The molecular formula is C28H34ClFN6O4Si. The maximum absolute atomic E-state index is 14.7. The topological polar surface area (TPSA) is 123 Å². The Morgan fingerprint density at radius 3 is 2.66 bits per heavy atom. The van der Waals surface area contributed by atoms with Crippen LogP contribution in [0.25, 0.3) is 22.3 Å². The molecule has 4 aromatic rings. The Morgan fingerprint density at radius 1 is 1.12 bits per heavy atom. The Labute approximate surface area is 243 Å². The van der Waals surface area contributed by atoms with Crippen molar-refractivity contribution in [1.82, 2.24) is 25.1 Å². The number of carboxylic acids is 1. The molecule has 0 fully saturated rings. The SMILES string of the molecule is CNCCCOc1nnc(-c2cc(Cl)ccc2F)cc1Nc1ccnc2c1cc(C(=O)O)n2COCC[Si](C)(C)C. The van der Waals surface area contributed by atoms with Crippen LogP contribution in [0, 0.1) is 5.82 Å². The van der Waals surface area contributed by atoms with Crippen molar-refractivity contribution in [2.45, 2.75) is 38.8 Å². The van der Waals surface area contributed by atoms with Gasteiger partial charge in [0.1, 0.15) is 29.6 Å². The molecule has 10 nitrogen and oxygen atoms in total. The Hall–Kier alpha value is -3.58. The first-order valence-electron chi connectivity index (χ1n) is 13.2. The molecule has 13 heteroatoms. The number of anilines is 2. The lowest BCUT2D eigenvalue weighted by atomic mass is 10.1. The second kappa shape index (κ2) is 13.4. The molecule has 0 aliphatic carbocycles. The fourth-order valence-electron chi connectivity index (χ4n) is 4.06. The van der Waals surface area contributed by atoms with Crippen LogP contribution in [0.2, 0.25) is 30.7 Å². The van der Waals surface area contributed by atoms with Gasteiger partial charge < -0.3 is 25.2 Å². The first kappa shape index (κ1) is 30.4. The minimum atomic E-state index is -1.31. The van der Waals surface area contributed by atoms with E-state index in [4.69, 9.17) is 21.1 Å². The third-order valence-corrected chi connectivity index (χ3v) is 8.22. The maximum Gasteiger partial charge on any atom is 0.352 e. The lowest BCUT2D eigenvalue weighted by molar-refractivity contribution is 0.0629. The Bertz CT molecular complexity index is 1530. The predicted octanol–water partition coefficient (Wildman–Crippen LogP) is 6.03. The second-order valence-electron chi connectivity index (χ2n) is 10.7. The highest BCUT2D eigenvalue weighted by Crippen LogP contribution is 2.34. The smallest absolute Gasteiger partial charge is 0.352 e. The number of halogens is 2. The summed E-state index contributed by atoms with van der Waals surface area (Å²) in [5.41, 5.74) is 1.91. The van der Waals surface area contributed by atoms with Crippen molar-refractivity contribution in [2.75, 3.05) is 32.1 Å². The van der Waals surface area contributed by atoms with Gasteiger partial charge in [-0.3, -0.25) is 4.57 Å². The second-order valence-corrected chi connectivity index (χ2v) is 16.8. The molecule has 0 saturated heterocycles. The molecule has 1 aromatic carbocycles. The van der Waals surface area contributed by atoms with Gasteiger partial charge >= 0.3 is 5.97 Å². The molecule has 3 N–H and O–H groups in total. The average molecular weight is 601 g/mol. The molecule has 4 rings (SSSR count). The summed E-state index contributed by atoms with van der Waals surface area (Å²) in [7, 11) is 0.542. The van der Waals surface area contributed by atoms with Crippen molar-refractivity contribution >= 4 is 48.1 Å². The lowest BCUT2D eigenvalue weighted by Gasteiger charge is -2.16. The van der Waals surface area contributed by atoms with E-state index in [0.29, 0.717) is 40.6 Å². The van der Waals surface area contributed by atoms with E-state index in [1.54, 1.807) is 29.0 Å². The molecule has 0 aliphatic heterocycles. The van der Waals surface area contributed by atoms with Gasteiger partial charge in [-0.15, -0.1) is 10.2 Å². The molecule has 0 radical (unpaired) electrons. The van der Waals surface area contributed by atoms with Gasteiger partial charge in [0.25, 0.3) is 5.88 Å². The Kier molecular flexibility index (Phi) is 9.92. The van der Waals surface area contributed by atoms with Gasteiger partial charge in [0, 0.05) is 36.8 Å². The van der Waals surface area contributed by atoms with Crippen molar-refractivity contribution in [3.63, 3.8) is 0 Å². The molecule has 0 bridgehead atoms. The predicted molar refractivity (Wildman–Crippen MR) is 161 cm³/mol. The van der Waals surface area contributed by atoms with Crippen molar-refractivity contribution in [3.8, 4) is 17.1 Å². The number of fused-ring (bicyclic) bond motifs is 1. The standard InChI is InChI=1S/C28H34ClFN6O4Si/c1-31-9-5-11-40-27-24(16-23(34-35-27)19-14-18(29)6-7-21(19)30)33-22-8-10-32-26-20(22)15-25(28(37)38)36(26)17-39-12-13-41(2,3)4/h6-8,10,14-16,31H,5,9,11-13,17H2,1-4H3,(H,37,38)(H,32,33,34). The largest absolute Gasteiger partial charge is 0.477 e. The fourth-order valence-corrected chi connectivity index (χ4v) is 4.99. The minimum absolute atomic E-state index is 0.0489. The first-order valence-corrected chi connectivity index (χ1v) is 17.3. The van der Waals surface area contributed by atoms with Crippen LogP contribution in [0.3, 0.4) is 0 Å². The molecule has 0 atom stereocenters. The highest BCUT2D eigenvalue weighted by atomic mass is 35.5. The quantitative estimate of drug-likeness (QED) is 0.118. The summed E-state index contributed by atoms with van der Waals surface area (Å²) in [5.74, 6) is -1.38. The molecule has 3 aromatic heterocycles. The van der Waals surface area contributed by atoms with Crippen LogP contribution in [0.4, 0.5) is 15.8 Å². The summed E-state index contributed by atoms with van der Waals surface area (Å²) in [5, 5.41) is 25.6. The van der Waals surface area contributed by atoms with Gasteiger partial charge in [-0.1, -0.05) is 31.2 Å². The zero-order chi connectivity index (χ0) is 29.6. The number of aromatic carboxylic acids is 1. The van der Waals surface area contributed by atoms with E-state index in [2.05, 4.69) is 45.5 Å². The molecule has 0 saturated carbocycles. The summed E-state index contributed by atoms with van der Waals surface area (Å²) < 4.78 is 28.0. The zero-order valence-corrected chi connectivity index (χ0v) is 25.3. The van der Waals surface area contributed by atoms with Gasteiger partial charge in [0.2, 0.25) is 0 Å². The van der Waals surface area contributed by atoms with E-state index in [9.17, 15) is 14.3 Å². The average Bonchev–Trinajstić information content (AvgIpc) is 3.30. The molecular weight excluding hydrogens is 567 g/mol. The van der Waals surface area contributed by atoms with Crippen LogP contribution in [0.1, 0.15) is 16.9 Å². The summed E-state index contributed by atoms with van der Waals surface area (Å²) in [6, 6.07) is 10.0. The molecule has 0 amide bonds. The highest BCUT2D eigenvalue weighted by molar-refractivity contribution is 6.76. The number of nitrogens with zero attached hydrogens (tertiary/aromatic N) is 4. The highest BCUT2D eigenvalue weighted by Gasteiger charge is 2.20. The molecule has 3 heterocycles. The number of carbonyl (C=O) groups is 1. The van der Waals surface area contributed by atoms with Gasteiger partial charge in [0.05, 0.1) is 18.0 Å². The monoisotopic (exact) mass is 600 g/mol. The van der Waals surface area contributed by atoms with E-state index >= 15 is 0 Å². The lowest BCUT2D eigenvalue weighted by Crippen LogP contribution is -2.22. The van der Waals surface area contributed by atoms with Gasteiger partial charge in [-0.05, 0) is 62.5 Å². The number of hydrogen-bond donors (Lipinski definition) is 3. The number of ether oxygens (including phenoxy) is 2. The van der Waals surface area contributed by atoms with Gasteiger partial charge in [-0.2, -0.15) is 0 Å². The summed E-state index contributed by atoms with van der Waals surface area (Å²) in [6.45, 7) is 8.47. The fraction of sp³-hybridized carbons (Fsp3) is 0.357. The van der Waals surface area contributed by atoms with Crippen LogP contribution in [0.15, 0.2) is 42.6 Å². The molecule has 0 spiro atoms. The number of rotatable bonds is 14. The van der Waals surface area contributed by atoms with Crippen LogP contribution < -0.4 is 15.4 Å². The van der Waals surface area contributed by atoms with Crippen molar-refractivity contribution < 1.29 is 23.8 Å².